The highest BCUT2D eigenvalue weighted by Crippen LogP contribution is 2.26. The standard InChI is InChI=1S/C3H6O3S.C2H7N/c4-7(5,6)3-1-2-3;1-3-2/h3H,1-2H2,(H,4,5,6);3H,1-2H3. The molecule has 0 saturated heterocycles. The molecule has 0 aliphatic heterocycles. The van der Waals surface area contributed by atoms with Gasteiger partial charge in [0.1, 0.15) is 0 Å². The Bertz CT molecular complexity index is 171. The molecule has 0 aromatic carbocycles. The minimum Gasteiger partial charge on any atom is -0.323 e. The molecular formula is C5H13NO3S. The Balaban J connectivity index is 0.000000236. The highest BCUT2D eigenvalue weighted by atomic mass is 32.2. The van der Waals surface area contributed by atoms with Gasteiger partial charge in [-0.1, -0.05) is 0 Å². The Morgan fingerprint density at radius 2 is 1.70 bits per heavy atom. The van der Waals surface area contributed by atoms with Gasteiger partial charge >= 0.3 is 0 Å². The Labute approximate surface area is 61.4 Å². The van der Waals surface area contributed by atoms with E-state index in [-0.39, 0.29) is 0 Å². The lowest BCUT2D eigenvalue weighted by Crippen LogP contribution is -2.02. The Morgan fingerprint density at radius 1 is 1.40 bits per heavy atom. The van der Waals surface area contributed by atoms with Crippen LogP contribution in [0.15, 0.2) is 0 Å². The molecule has 1 aliphatic carbocycles. The molecule has 62 valence electrons. The summed E-state index contributed by atoms with van der Waals surface area (Å²) in [6.07, 6.45) is 1.28. The van der Waals surface area contributed by atoms with Gasteiger partial charge in [0.25, 0.3) is 10.1 Å². The Morgan fingerprint density at radius 3 is 1.70 bits per heavy atom. The topological polar surface area (TPSA) is 66.4 Å². The molecule has 1 aliphatic rings. The molecule has 5 heteroatoms. The predicted octanol–water partition coefficient (Wildman–Crippen LogP) is -0.128. The summed E-state index contributed by atoms with van der Waals surface area (Å²) in [6, 6.07) is 0. The SMILES string of the molecule is CNC.O=S(=O)(O)C1CC1. The van der Waals surface area contributed by atoms with Crippen LogP contribution in [-0.4, -0.2) is 32.3 Å². The van der Waals surface area contributed by atoms with Gasteiger partial charge in [0.05, 0.1) is 5.25 Å². The summed E-state index contributed by atoms with van der Waals surface area (Å²) in [5.41, 5.74) is 0. The molecule has 0 atom stereocenters. The summed E-state index contributed by atoms with van der Waals surface area (Å²) in [5, 5.41) is 2.33. The van der Waals surface area contributed by atoms with Crippen LogP contribution < -0.4 is 5.32 Å². The van der Waals surface area contributed by atoms with Crippen LogP contribution >= 0.6 is 0 Å². The van der Waals surface area contributed by atoms with Crippen molar-refractivity contribution in [3.05, 3.63) is 0 Å². The molecular weight excluding hydrogens is 154 g/mol. The van der Waals surface area contributed by atoms with E-state index >= 15 is 0 Å². The largest absolute Gasteiger partial charge is 0.323 e. The number of rotatable bonds is 1. The molecule has 0 aromatic rings. The van der Waals surface area contributed by atoms with E-state index in [1.807, 2.05) is 14.1 Å². The maximum Gasteiger partial charge on any atom is 0.267 e. The zero-order valence-corrected chi connectivity index (χ0v) is 6.98. The normalized spacial score (nSPS) is 17.5. The average Bonchev–Trinajstić information content (AvgIpc) is 2.40. The predicted molar refractivity (Wildman–Crippen MR) is 39.6 cm³/mol. The minimum absolute atomic E-state index is 0.424. The van der Waals surface area contributed by atoms with Crippen molar-refractivity contribution in [1.82, 2.24) is 5.32 Å². The molecule has 2 N–H and O–H groups in total. The van der Waals surface area contributed by atoms with E-state index in [0.29, 0.717) is 12.8 Å². The van der Waals surface area contributed by atoms with Crippen molar-refractivity contribution in [2.75, 3.05) is 14.1 Å². The van der Waals surface area contributed by atoms with Crippen LogP contribution in [-0.2, 0) is 10.1 Å². The van der Waals surface area contributed by atoms with Crippen LogP contribution in [0.2, 0.25) is 0 Å². The van der Waals surface area contributed by atoms with Crippen LogP contribution in [0.3, 0.4) is 0 Å². The smallest absolute Gasteiger partial charge is 0.267 e. The highest BCUT2D eigenvalue weighted by molar-refractivity contribution is 7.86. The summed E-state index contributed by atoms with van der Waals surface area (Å²) >= 11 is 0. The fraction of sp³-hybridized carbons (Fsp3) is 1.00. The number of nitrogens with one attached hydrogen (secondary N) is 1. The quantitative estimate of drug-likeness (QED) is 0.534. The second-order valence-electron chi connectivity index (χ2n) is 2.21. The van der Waals surface area contributed by atoms with Gasteiger partial charge in [-0.15, -0.1) is 0 Å². The minimum atomic E-state index is -3.63. The zero-order valence-electron chi connectivity index (χ0n) is 6.16. The van der Waals surface area contributed by atoms with Gasteiger partial charge in [-0.25, -0.2) is 0 Å². The maximum absolute atomic E-state index is 9.95. The van der Waals surface area contributed by atoms with Crippen LogP contribution in [0.1, 0.15) is 12.8 Å². The fourth-order valence-electron chi connectivity index (χ4n) is 0.366. The molecule has 0 heterocycles. The number of hydrogen-bond acceptors (Lipinski definition) is 3. The Kier molecular flexibility index (Phi) is 3.85. The second kappa shape index (κ2) is 3.90. The highest BCUT2D eigenvalue weighted by Gasteiger charge is 2.33. The molecule has 0 aromatic heterocycles. The third-order valence-electron chi connectivity index (χ3n) is 0.946. The van der Waals surface area contributed by atoms with Crippen molar-refractivity contribution < 1.29 is 13.0 Å². The zero-order chi connectivity index (χ0) is 8.20. The average molecular weight is 167 g/mol. The molecule has 0 unspecified atom stereocenters. The van der Waals surface area contributed by atoms with Crippen molar-refractivity contribution in [2.45, 2.75) is 18.1 Å². The van der Waals surface area contributed by atoms with E-state index in [1.54, 1.807) is 0 Å². The van der Waals surface area contributed by atoms with E-state index in [0.717, 1.165) is 0 Å². The Hall–Kier alpha value is -0.130. The van der Waals surface area contributed by atoms with Crippen molar-refractivity contribution in [3.8, 4) is 0 Å². The molecule has 1 fully saturated rings. The second-order valence-corrected chi connectivity index (χ2v) is 3.91. The lowest BCUT2D eigenvalue weighted by molar-refractivity contribution is 0.481. The summed E-state index contributed by atoms with van der Waals surface area (Å²) in [4.78, 5) is 0. The summed E-state index contributed by atoms with van der Waals surface area (Å²) in [5.74, 6) is 0. The van der Waals surface area contributed by atoms with Gasteiger partial charge in [-0.3, -0.25) is 4.55 Å². The fourth-order valence-corrected chi connectivity index (χ4v) is 1.10. The molecule has 0 radical (unpaired) electrons. The van der Waals surface area contributed by atoms with E-state index in [9.17, 15) is 8.42 Å². The van der Waals surface area contributed by atoms with Crippen LogP contribution in [0.5, 0.6) is 0 Å². The first-order chi connectivity index (χ1) is 4.52. The molecule has 0 bridgehead atoms. The maximum atomic E-state index is 9.95. The van der Waals surface area contributed by atoms with Crippen LogP contribution in [0.4, 0.5) is 0 Å². The van der Waals surface area contributed by atoms with E-state index in [4.69, 9.17) is 4.55 Å². The van der Waals surface area contributed by atoms with E-state index < -0.39 is 15.4 Å². The third-order valence-corrected chi connectivity index (χ3v) is 2.26. The summed E-state index contributed by atoms with van der Waals surface area (Å²) < 4.78 is 28.0. The first-order valence-electron chi connectivity index (χ1n) is 3.07. The van der Waals surface area contributed by atoms with Gasteiger partial charge in [-0.2, -0.15) is 8.42 Å². The lowest BCUT2D eigenvalue weighted by Gasteiger charge is -1.83. The van der Waals surface area contributed by atoms with Gasteiger partial charge in [0.15, 0.2) is 0 Å². The lowest BCUT2D eigenvalue weighted by atomic mass is 11.0. The molecule has 1 rings (SSSR count). The summed E-state index contributed by atoms with van der Waals surface area (Å²) in [6.45, 7) is 0. The van der Waals surface area contributed by atoms with Gasteiger partial charge in [0.2, 0.25) is 0 Å². The molecule has 10 heavy (non-hydrogen) atoms. The van der Waals surface area contributed by atoms with Gasteiger partial charge in [-0.05, 0) is 26.9 Å². The van der Waals surface area contributed by atoms with Crippen molar-refractivity contribution in [3.63, 3.8) is 0 Å². The van der Waals surface area contributed by atoms with E-state index in [2.05, 4.69) is 5.32 Å². The molecule has 1 saturated carbocycles. The summed E-state index contributed by atoms with van der Waals surface area (Å²) in [7, 11) is 0.120. The molecule has 0 amide bonds. The van der Waals surface area contributed by atoms with Crippen LogP contribution in [0.25, 0.3) is 0 Å². The molecule has 4 nitrogen and oxygen atoms in total. The van der Waals surface area contributed by atoms with Crippen LogP contribution in [0, 0.1) is 0 Å². The number of hydrogen-bond donors (Lipinski definition) is 2. The monoisotopic (exact) mass is 167 g/mol. The third kappa shape index (κ3) is 4.72. The van der Waals surface area contributed by atoms with Crippen molar-refractivity contribution in [1.29, 1.82) is 0 Å². The van der Waals surface area contributed by atoms with Gasteiger partial charge < -0.3 is 5.32 Å². The first-order valence-corrected chi connectivity index (χ1v) is 4.57. The first kappa shape index (κ1) is 9.87. The van der Waals surface area contributed by atoms with Crippen molar-refractivity contribution >= 4 is 10.1 Å². The van der Waals surface area contributed by atoms with Gasteiger partial charge in [0, 0.05) is 0 Å². The molecule has 0 spiro atoms. The van der Waals surface area contributed by atoms with E-state index in [1.165, 1.54) is 0 Å². The van der Waals surface area contributed by atoms with Crippen molar-refractivity contribution in [2.24, 2.45) is 0 Å².